The first-order chi connectivity index (χ1) is 9.22. The third kappa shape index (κ3) is 3.58. The van der Waals surface area contributed by atoms with Crippen molar-refractivity contribution in [1.29, 1.82) is 0 Å². The standard InChI is InChI=1S/C15H13BrO3/c1-18-15-6-5-11(9-17)7-12(15)10-19-14-4-2-3-13(16)8-14/h2-9H,10H2,1H3. The van der Waals surface area contributed by atoms with Gasteiger partial charge in [-0.15, -0.1) is 0 Å². The average Bonchev–Trinajstić information content (AvgIpc) is 2.45. The van der Waals surface area contributed by atoms with Gasteiger partial charge < -0.3 is 9.47 Å². The molecule has 0 saturated heterocycles. The summed E-state index contributed by atoms with van der Waals surface area (Å²) in [4.78, 5) is 10.8. The van der Waals surface area contributed by atoms with Gasteiger partial charge in [-0.05, 0) is 36.4 Å². The minimum atomic E-state index is 0.349. The van der Waals surface area contributed by atoms with Crippen molar-refractivity contribution in [3.8, 4) is 11.5 Å². The van der Waals surface area contributed by atoms with Crippen LogP contribution in [0.4, 0.5) is 0 Å². The highest BCUT2D eigenvalue weighted by molar-refractivity contribution is 9.10. The summed E-state index contributed by atoms with van der Waals surface area (Å²) in [6, 6.07) is 12.8. The van der Waals surface area contributed by atoms with E-state index in [2.05, 4.69) is 15.9 Å². The predicted octanol–water partition coefficient (Wildman–Crippen LogP) is 3.85. The van der Waals surface area contributed by atoms with Crippen LogP contribution < -0.4 is 9.47 Å². The van der Waals surface area contributed by atoms with Crippen LogP contribution in [0.15, 0.2) is 46.9 Å². The van der Waals surface area contributed by atoms with E-state index in [-0.39, 0.29) is 0 Å². The fraction of sp³-hybridized carbons (Fsp3) is 0.133. The molecule has 0 amide bonds. The summed E-state index contributed by atoms with van der Waals surface area (Å²) in [5.41, 5.74) is 1.45. The molecule has 0 atom stereocenters. The Hall–Kier alpha value is -1.81. The van der Waals surface area contributed by atoms with Gasteiger partial charge in [0, 0.05) is 15.6 Å². The molecule has 98 valence electrons. The summed E-state index contributed by atoms with van der Waals surface area (Å²) < 4.78 is 11.9. The van der Waals surface area contributed by atoms with E-state index in [1.807, 2.05) is 24.3 Å². The number of hydrogen-bond donors (Lipinski definition) is 0. The highest BCUT2D eigenvalue weighted by atomic mass is 79.9. The van der Waals surface area contributed by atoms with Gasteiger partial charge in [-0.3, -0.25) is 4.79 Å². The molecule has 0 aromatic heterocycles. The number of halogens is 1. The topological polar surface area (TPSA) is 35.5 Å². The number of methoxy groups -OCH3 is 1. The average molecular weight is 321 g/mol. The Morgan fingerprint density at radius 3 is 2.74 bits per heavy atom. The summed E-state index contributed by atoms with van der Waals surface area (Å²) >= 11 is 3.39. The number of benzene rings is 2. The minimum Gasteiger partial charge on any atom is -0.496 e. The largest absolute Gasteiger partial charge is 0.496 e. The number of aldehydes is 1. The fourth-order valence-electron chi connectivity index (χ4n) is 1.70. The molecule has 0 unspecified atom stereocenters. The molecule has 0 heterocycles. The Kier molecular flexibility index (Phi) is 4.58. The molecular formula is C15H13BrO3. The number of rotatable bonds is 5. The number of ether oxygens (including phenoxy) is 2. The van der Waals surface area contributed by atoms with Crippen LogP contribution in [-0.4, -0.2) is 13.4 Å². The minimum absolute atomic E-state index is 0.349. The van der Waals surface area contributed by atoms with E-state index >= 15 is 0 Å². The zero-order valence-corrected chi connectivity index (χ0v) is 12.0. The van der Waals surface area contributed by atoms with Crippen LogP contribution >= 0.6 is 15.9 Å². The lowest BCUT2D eigenvalue weighted by Gasteiger charge is -2.11. The van der Waals surface area contributed by atoms with Gasteiger partial charge in [0.05, 0.1) is 7.11 Å². The summed E-state index contributed by atoms with van der Waals surface area (Å²) in [5.74, 6) is 1.47. The van der Waals surface area contributed by atoms with Gasteiger partial charge in [0.2, 0.25) is 0 Å². The second kappa shape index (κ2) is 6.38. The van der Waals surface area contributed by atoms with E-state index < -0.39 is 0 Å². The second-order valence-corrected chi connectivity index (χ2v) is 4.85. The Bertz CT molecular complexity index is 581. The maximum absolute atomic E-state index is 10.8. The zero-order chi connectivity index (χ0) is 13.7. The van der Waals surface area contributed by atoms with Gasteiger partial charge in [-0.25, -0.2) is 0 Å². The Morgan fingerprint density at radius 2 is 2.05 bits per heavy atom. The van der Waals surface area contributed by atoms with E-state index in [1.54, 1.807) is 25.3 Å². The molecule has 4 heteroatoms. The lowest BCUT2D eigenvalue weighted by Crippen LogP contribution is -2.00. The molecule has 2 rings (SSSR count). The van der Waals surface area contributed by atoms with Gasteiger partial charge in [0.1, 0.15) is 24.4 Å². The monoisotopic (exact) mass is 320 g/mol. The van der Waals surface area contributed by atoms with Crippen LogP contribution in [0.25, 0.3) is 0 Å². The Labute approximate surface area is 120 Å². The molecule has 0 saturated carbocycles. The van der Waals surface area contributed by atoms with E-state index in [0.717, 1.165) is 22.1 Å². The van der Waals surface area contributed by atoms with Crippen molar-refractivity contribution in [2.24, 2.45) is 0 Å². The normalized spacial score (nSPS) is 10.0. The third-order valence-electron chi connectivity index (χ3n) is 2.63. The predicted molar refractivity (Wildman–Crippen MR) is 76.9 cm³/mol. The first kappa shape index (κ1) is 13.6. The van der Waals surface area contributed by atoms with Gasteiger partial charge in [-0.1, -0.05) is 22.0 Å². The van der Waals surface area contributed by atoms with E-state index in [1.165, 1.54) is 0 Å². The van der Waals surface area contributed by atoms with Crippen molar-refractivity contribution in [1.82, 2.24) is 0 Å². The van der Waals surface area contributed by atoms with Crippen LogP contribution in [0.5, 0.6) is 11.5 Å². The summed E-state index contributed by atoms with van der Waals surface area (Å²) in [6.07, 6.45) is 0.808. The molecule has 2 aromatic carbocycles. The summed E-state index contributed by atoms with van der Waals surface area (Å²) in [5, 5.41) is 0. The van der Waals surface area contributed by atoms with Crippen LogP contribution in [0, 0.1) is 0 Å². The van der Waals surface area contributed by atoms with Gasteiger partial charge >= 0.3 is 0 Å². The molecule has 0 radical (unpaired) electrons. The molecule has 2 aromatic rings. The molecule has 0 aliphatic rings. The highest BCUT2D eigenvalue weighted by Crippen LogP contribution is 2.23. The molecule has 3 nitrogen and oxygen atoms in total. The zero-order valence-electron chi connectivity index (χ0n) is 10.4. The Balaban J connectivity index is 2.16. The summed E-state index contributed by atoms with van der Waals surface area (Å²) in [7, 11) is 1.60. The molecule has 0 N–H and O–H groups in total. The van der Waals surface area contributed by atoms with Crippen LogP contribution in [0.1, 0.15) is 15.9 Å². The lowest BCUT2D eigenvalue weighted by molar-refractivity contribution is 0.112. The van der Waals surface area contributed by atoms with Crippen molar-refractivity contribution < 1.29 is 14.3 Å². The molecule has 0 fully saturated rings. The van der Waals surface area contributed by atoms with Crippen molar-refractivity contribution in [2.45, 2.75) is 6.61 Å². The van der Waals surface area contributed by atoms with E-state index in [9.17, 15) is 4.79 Å². The van der Waals surface area contributed by atoms with E-state index in [0.29, 0.717) is 17.9 Å². The first-order valence-corrected chi connectivity index (χ1v) is 6.52. The SMILES string of the molecule is COc1ccc(C=O)cc1COc1cccc(Br)c1. The molecule has 0 spiro atoms. The smallest absolute Gasteiger partial charge is 0.150 e. The Morgan fingerprint density at radius 1 is 1.21 bits per heavy atom. The third-order valence-corrected chi connectivity index (χ3v) is 3.12. The number of carbonyl (C=O) groups is 1. The van der Waals surface area contributed by atoms with Crippen LogP contribution in [0.3, 0.4) is 0 Å². The van der Waals surface area contributed by atoms with E-state index in [4.69, 9.17) is 9.47 Å². The quantitative estimate of drug-likeness (QED) is 0.785. The van der Waals surface area contributed by atoms with Crippen LogP contribution in [-0.2, 0) is 6.61 Å². The first-order valence-electron chi connectivity index (χ1n) is 5.73. The van der Waals surface area contributed by atoms with Crippen molar-refractivity contribution in [3.63, 3.8) is 0 Å². The second-order valence-electron chi connectivity index (χ2n) is 3.94. The number of carbonyl (C=O) groups excluding carboxylic acids is 1. The molecule has 19 heavy (non-hydrogen) atoms. The maximum atomic E-state index is 10.8. The fourth-order valence-corrected chi connectivity index (χ4v) is 2.08. The summed E-state index contributed by atoms with van der Waals surface area (Å²) in [6.45, 7) is 0.349. The van der Waals surface area contributed by atoms with Gasteiger partial charge in [0.25, 0.3) is 0 Å². The van der Waals surface area contributed by atoms with Crippen LogP contribution in [0.2, 0.25) is 0 Å². The van der Waals surface area contributed by atoms with Crippen molar-refractivity contribution >= 4 is 22.2 Å². The van der Waals surface area contributed by atoms with Gasteiger partial charge in [0.15, 0.2) is 0 Å². The molecular weight excluding hydrogens is 308 g/mol. The van der Waals surface area contributed by atoms with Crippen molar-refractivity contribution in [3.05, 3.63) is 58.1 Å². The molecule has 0 aliphatic carbocycles. The maximum Gasteiger partial charge on any atom is 0.150 e. The van der Waals surface area contributed by atoms with Gasteiger partial charge in [-0.2, -0.15) is 0 Å². The number of hydrogen-bond acceptors (Lipinski definition) is 3. The lowest BCUT2D eigenvalue weighted by atomic mass is 10.1. The van der Waals surface area contributed by atoms with Crippen molar-refractivity contribution in [2.75, 3.05) is 7.11 Å². The highest BCUT2D eigenvalue weighted by Gasteiger charge is 2.05. The molecule has 0 bridgehead atoms. The molecule has 0 aliphatic heterocycles.